The molecule has 0 amide bonds. The predicted molar refractivity (Wildman–Crippen MR) is 58.5 cm³/mol. The predicted octanol–water partition coefficient (Wildman–Crippen LogP) is 3.65. The van der Waals surface area contributed by atoms with Crippen LogP contribution in [0.4, 0.5) is 8.78 Å². The second kappa shape index (κ2) is 6.03. The summed E-state index contributed by atoms with van der Waals surface area (Å²) < 4.78 is 24.1. The van der Waals surface area contributed by atoms with Crippen LogP contribution in [0, 0.1) is 0 Å². The smallest absolute Gasteiger partial charge is 0.250 e. The maximum absolute atomic E-state index is 12.0. The van der Waals surface area contributed by atoms with Gasteiger partial charge in [-0.2, -0.15) is 0 Å². The normalized spacial score (nSPS) is 13.1. The number of rotatable bonds is 5. The second-order valence-corrected chi connectivity index (χ2v) is 3.75. The van der Waals surface area contributed by atoms with Gasteiger partial charge >= 0.3 is 0 Å². The lowest BCUT2D eigenvalue weighted by atomic mass is 10.0. The number of alkyl halides is 2. The van der Waals surface area contributed by atoms with Crippen LogP contribution in [0.5, 0.6) is 0 Å². The molecule has 0 radical (unpaired) electrons. The molecule has 0 bridgehead atoms. The quantitative estimate of drug-likeness (QED) is 0.819. The van der Waals surface area contributed by atoms with Gasteiger partial charge in [0.15, 0.2) is 0 Å². The van der Waals surface area contributed by atoms with Crippen LogP contribution in [0.3, 0.4) is 0 Å². The Labute approximate surface area is 93.4 Å². The molecule has 0 spiro atoms. The minimum Gasteiger partial charge on any atom is -0.305 e. The van der Waals surface area contributed by atoms with Gasteiger partial charge in [-0.25, -0.2) is 8.78 Å². The summed E-state index contributed by atoms with van der Waals surface area (Å²) in [4.78, 5) is 0. The summed E-state index contributed by atoms with van der Waals surface area (Å²) in [5.74, 6) is 0. The Morgan fingerprint density at radius 1 is 1.40 bits per heavy atom. The third kappa shape index (κ3) is 4.14. The summed E-state index contributed by atoms with van der Waals surface area (Å²) in [6, 6.07) is 7.22. The van der Waals surface area contributed by atoms with E-state index in [1.165, 1.54) is 0 Å². The first-order valence-corrected chi connectivity index (χ1v) is 5.28. The van der Waals surface area contributed by atoms with Gasteiger partial charge in [0.2, 0.25) is 0 Å². The number of benzene rings is 1. The van der Waals surface area contributed by atoms with Crippen molar-refractivity contribution in [2.24, 2.45) is 0 Å². The first-order valence-electron chi connectivity index (χ1n) is 4.90. The lowest BCUT2D eigenvalue weighted by Crippen LogP contribution is -2.26. The van der Waals surface area contributed by atoms with Crippen LogP contribution in [-0.2, 0) is 0 Å². The lowest BCUT2D eigenvalue weighted by Gasteiger charge is -2.17. The Hall–Kier alpha value is -0.670. The van der Waals surface area contributed by atoms with E-state index in [0.717, 1.165) is 12.0 Å². The summed E-state index contributed by atoms with van der Waals surface area (Å²) in [6.45, 7) is 1.66. The number of hydrogen-bond acceptors (Lipinski definition) is 1. The average Bonchev–Trinajstić information content (AvgIpc) is 2.18. The Bertz CT molecular complexity index is 304. The molecule has 1 atom stereocenters. The molecule has 1 unspecified atom stereocenters. The molecule has 1 rings (SSSR count). The van der Waals surface area contributed by atoms with E-state index in [9.17, 15) is 8.78 Å². The van der Waals surface area contributed by atoms with Gasteiger partial charge < -0.3 is 5.32 Å². The third-order valence-electron chi connectivity index (χ3n) is 2.18. The zero-order valence-electron chi connectivity index (χ0n) is 8.51. The van der Waals surface area contributed by atoms with Gasteiger partial charge in [-0.05, 0) is 24.1 Å². The van der Waals surface area contributed by atoms with Crippen LogP contribution in [-0.4, -0.2) is 13.0 Å². The molecule has 1 nitrogen and oxygen atoms in total. The SMILES string of the molecule is CCC(NCC(F)F)c1cccc(Cl)c1. The van der Waals surface area contributed by atoms with Crippen LogP contribution in [0.15, 0.2) is 24.3 Å². The molecule has 4 heteroatoms. The average molecular weight is 234 g/mol. The Kier molecular flexibility index (Phi) is 4.99. The molecule has 1 N–H and O–H groups in total. The molecule has 0 saturated carbocycles. The van der Waals surface area contributed by atoms with Crippen molar-refractivity contribution >= 4 is 11.6 Å². The van der Waals surface area contributed by atoms with Crippen LogP contribution < -0.4 is 5.32 Å². The molecule has 1 aromatic rings. The molecule has 0 aliphatic rings. The van der Waals surface area contributed by atoms with Crippen LogP contribution >= 0.6 is 11.6 Å². The van der Waals surface area contributed by atoms with Crippen molar-refractivity contribution in [1.29, 1.82) is 0 Å². The fraction of sp³-hybridized carbons (Fsp3) is 0.455. The fourth-order valence-electron chi connectivity index (χ4n) is 1.45. The lowest BCUT2D eigenvalue weighted by molar-refractivity contribution is 0.141. The van der Waals surface area contributed by atoms with Crippen molar-refractivity contribution in [3.05, 3.63) is 34.9 Å². The van der Waals surface area contributed by atoms with Crippen molar-refractivity contribution in [2.75, 3.05) is 6.54 Å². The molecule has 0 aliphatic heterocycles. The van der Waals surface area contributed by atoms with E-state index >= 15 is 0 Å². The molecule has 0 saturated heterocycles. The Morgan fingerprint density at radius 3 is 2.67 bits per heavy atom. The van der Waals surface area contributed by atoms with Crippen molar-refractivity contribution in [1.82, 2.24) is 5.32 Å². The van der Waals surface area contributed by atoms with Gasteiger partial charge in [0.1, 0.15) is 0 Å². The van der Waals surface area contributed by atoms with Crippen molar-refractivity contribution in [3.63, 3.8) is 0 Å². The molecule has 0 fully saturated rings. The topological polar surface area (TPSA) is 12.0 Å². The van der Waals surface area contributed by atoms with Gasteiger partial charge in [0.25, 0.3) is 6.43 Å². The van der Waals surface area contributed by atoms with Gasteiger partial charge in [-0.1, -0.05) is 30.7 Å². The van der Waals surface area contributed by atoms with Gasteiger partial charge in [-0.15, -0.1) is 0 Å². The van der Waals surface area contributed by atoms with Gasteiger partial charge in [0.05, 0.1) is 6.54 Å². The van der Waals surface area contributed by atoms with E-state index in [1.807, 2.05) is 19.1 Å². The number of hydrogen-bond donors (Lipinski definition) is 1. The minimum absolute atomic E-state index is 0.0577. The number of halogens is 3. The Morgan fingerprint density at radius 2 is 2.13 bits per heavy atom. The highest BCUT2D eigenvalue weighted by atomic mass is 35.5. The molecule has 84 valence electrons. The first-order chi connectivity index (χ1) is 7.13. The molecular weight excluding hydrogens is 220 g/mol. The van der Waals surface area contributed by atoms with Crippen LogP contribution in [0.2, 0.25) is 5.02 Å². The zero-order chi connectivity index (χ0) is 11.3. The molecule has 0 heterocycles. The van der Waals surface area contributed by atoms with E-state index in [1.54, 1.807) is 12.1 Å². The molecule has 1 aromatic carbocycles. The summed E-state index contributed by atoms with van der Waals surface area (Å²) in [5.41, 5.74) is 0.950. The fourth-order valence-corrected chi connectivity index (χ4v) is 1.65. The second-order valence-electron chi connectivity index (χ2n) is 3.32. The standard InChI is InChI=1S/C11H14ClF2N/c1-2-10(15-7-11(13)14)8-4-3-5-9(12)6-8/h3-6,10-11,15H,2,7H2,1H3. The van der Waals surface area contributed by atoms with Crippen molar-refractivity contribution in [2.45, 2.75) is 25.8 Å². The first kappa shape index (κ1) is 12.4. The van der Waals surface area contributed by atoms with E-state index in [-0.39, 0.29) is 12.6 Å². The molecular formula is C11H14ClF2N. The molecule has 15 heavy (non-hydrogen) atoms. The van der Waals surface area contributed by atoms with Crippen LogP contribution in [0.25, 0.3) is 0 Å². The van der Waals surface area contributed by atoms with Crippen LogP contribution in [0.1, 0.15) is 24.9 Å². The molecule has 0 aliphatic carbocycles. The summed E-state index contributed by atoms with van der Waals surface area (Å²) in [5, 5.41) is 3.43. The van der Waals surface area contributed by atoms with Gasteiger partial charge in [0, 0.05) is 11.1 Å². The highest BCUT2D eigenvalue weighted by Crippen LogP contribution is 2.20. The minimum atomic E-state index is -2.32. The molecule has 0 aromatic heterocycles. The monoisotopic (exact) mass is 233 g/mol. The Balaban J connectivity index is 2.65. The van der Waals surface area contributed by atoms with E-state index in [2.05, 4.69) is 5.32 Å². The third-order valence-corrected chi connectivity index (χ3v) is 2.41. The summed E-state index contributed by atoms with van der Waals surface area (Å²) in [7, 11) is 0. The van der Waals surface area contributed by atoms with Crippen molar-refractivity contribution < 1.29 is 8.78 Å². The number of nitrogens with one attached hydrogen (secondary N) is 1. The largest absolute Gasteiger partial charge is 0.305 e. The highest BCUT2D eigenvalue weighted by Gasteiger charge is 2.11. The maximum atomic E-state index is 12.0. The van der Waals surface area contributed by atoms with E-state index < -0.39 is 6.43 Å². The van der Waals surface area contributed by atoms with E-state index in [4.69, 9.17) is 11.6 Å². The maximum Gasteiger partial charge on any atom is 0.250 e. The summed E-state index contributed by atoms with van der Waals surface area (Å²) in [6.07, 6.45) is -1.56. The van der Waals surface area contributed by atoms with Crippen molar-refractivity contribution in [3.8, 4) is 0 Å². The zero-order valence-corrected chi connectivity index (χ0v) is 9.27. The summed E-state index contributed by atoms with van der Waals surface area (Å²) >= 11 is 5.83. The van der Waals surface area contributed by atoms with Gasteiger partial charge in [-0.3, -0.25) is 0 Å². The van der Waals surface area contributed by atoms with E-state index in [0.29, 0.717) is 5.02 Å². The highest BCUT2D eigenvalue weighted by molar-refractivity contribution is 6.30.